The smallest absolute Gasteiger partial charge is 0.256 e. The molecule has 1 aliphatic rings. The van der Waals surface area contributed by atoms with Crippen LogP contribution in [-0.4, -0.2) is 24.0 Å². The van der Waals surface area contributed by atoms with E-state index in [0.717, 1.165) is 0 Å². The first kappa shape index (κ1) is 7.09. The highest BCUT2D eigenvalue weighted by molar-refractivity contribution is 5.96. The SMILES string of the molecule is O=C1NCCOc2ccncc21. The van der Waals surface area contributed by atoms with E-state index in [1.165, 1.54) is 6.20 Å². The summed E-state index contributed by atoms with van der Waals surface area (Å²) in [7, 11) is 0. The third kappa shape index (κ3) is 1.11. The Morgan fingerprint density at radius 3 is 3.42 bits per heavy atom. The van der Waals surface area contributed by atoms with Crippen LogP contribution in [0.3, 0.4) is 0 Å². The maximum atomic E-state index is 11.3. The largest absolute Gasteiger partial charge is 0.491 e. The van der Waals surface area contributed by atoms with Crippen molar-refractivity contribution >= 4 is 5.91 Å². The predicted molar refractivity (Wildman–Crippen MR) is 42.1 cm³/mol. The van der Waals surface area contributed by atoms with E-state index < -0.39 is 0 Å². The second-order valence-electron chi connectivity index (χ2n) is 2.48. The molecular formula is C8H8N2O2. The number of carbonyl (C=O) groups excluding carboxylic acids is 1. The minimum Gasteiger partial charge on any atom is -0.491 e. The van der Waals surface area contributed by atoms with Crippen molar-refractivity contribution in [1.29, 1.82) is 0 Å². The van der Waals surface area contributed by atoms with Crippen molar-refractivity contribution in [3.63, 3.8) is 0 Å². The molecule has 1 aliphatic heterocycles. The molecule has 0 bridgehead atoms. The summed E-state index contributed by atoms with van der Waals surface area (Å²) in [5, 5.41) is 2.70. The fourth-order valence-corrected chi connectivity index (χ4v) is 1.10. The summed E-state index contributed by atoms with van der Waals surface area (Å²) in [6.07, 6.45) is 3.12. The van der Waals surface area contributed by atoms with Crippen LogP contribution < -0.4 is 10.1 Å². The van der Waals surface area contributed by atoms with Gasteiger partial charge in [0.15, 0.2) is 0 Å². The molecule has 0 aliphatic carbocycles. The van der Waals surface area contributed by atoms with E-state index in [-0.39, 0.29) is 5.91 Å². The Hall–Kier alpha value is -1.58. The lowest BCUT2D eigenvalue weighted by molar-refractivity contribution is 0.0957. The highest BCUT2D eigenvalue weighted by Crippen LogP contribution is 2.17. The highest BCUT2D eigenvalue weighted by Gasteiger charge is 2.14. The van der Waals surface area contributed by atoms with Crippen molar-refractivity contribution < 1.29 is 9.53 Å². The molecule has 0 saturated heterocycles. The van der Waals surface area contributed by atoms with E-state index in [1.54, 1.807) is 12.3 Å². The Kier molecular flexibility index (Phi) is 1.66. The number of hydrogen-bond donors (Lipinski definition) is 1. The van der Waals surface area contributed by atoms with Crippen molar-refractivity contribution in [2.75, 3.05) is 13.2 Å². The topological polar surface area (TPSA) is 51.2 Å². The number of aromatic nitrogens is 1. The molecule has 0 unspecified atom stereocenters. The summed E-state index contributed by atoms with van der Waals surface area (Å²) in [5.74, 6) is 0.496. The molecular weight excluding hydrogens is 156 g/mol. The van der Waals surface area contributed by atoms with Crippen molar-refractivity contribution in [1.82, 2.24) is 10.3 Å². The van der Waals surface area contributed by atoms with Gasteiger partial charge in [-0.05, 0) is 6.07 Å². The zero-order valence-corrected chi connectivity index (χ0v) is 6.41. The zero-order valence-electron chi connectivity index (χ0n) is 6.41. The fourth-order valence-electron chi connectivity index (χ4n) is 1.10. The van der Waals surface area contributed by atoms with Crippen LogP contribution in [0, 0.1) is 0 Å². The summed E-state index contributed by atoms with van der Waals surface area (Å²) in [5.41, 5.74) is 0.509. The summed E-state index contributed by atoms with van der Waals surface area (Å²) in [4.78, 5) is 15.1. The van der Waals surface area contributed by atoms with Crippen LogP contribution in [-0.2, 0) is 0 Å². The Labute approximate surface area is 69.6 Å². The van der Waals surface area contributed by atoms with E-state index in [2.05, 4.69) is 10.3 Å². The Bertz CT molecular complexity index is 312. The summed E-state index contributed by atoms with van der Waals surface area (Å²) < 4.78 is 5.30. The van der Waals surface area contributed by atoms with Crippen LogP contribution >= 0.6 is 0 Å². The molecule has 2 rings (SSSR count). The lowest BCUT2D eigenvalue weighted by Gasteiger charge is -2.01. The average molecular weight is 164 g/mol. The van der Waals surface area contributed by atoms with Gasteiger partial charge in [0.1, 0.15) is 12.4 Å². The molecule has 0 fully saturated rings. The third-order valence-electron chi connectivity index (χ3n) is 1.67. The standard InChI is InChI=1S/C8H8N2O2/c11-8-6-5-9-2-1-7(6)12-4-3-10-8/h1-2,5H,3-4H2,(H,10,11). The van der Waals surface area contributed by atoms with Gasteiger partial charge in [0.25, 0.3) is 5.91 Å². The maximum Gasteiger partial charge on any atom is 0.256 e. The highest BCUT2D eigenvalue weighted by atomic mass is 16.5. The normalized spacial score (nSPS) is 15.5. The average Bonchev–Trinajstić information content (AvgIpc) is 2.29. The van der Waals surface area contributed by atoms with E-state index in [1.807, 2.05) is 0 Å². The van der Waals surface area contributed by atoms with Gasteiger partial charge in [0.05, 0.1) is 12.1 Å². The van der Waals surface area contributed by atoms with Crippen LogP contribution in [0.25, 0.3) is 0 Å². The second-order valence-corrected chi connectivity index (χ2v) is 2.48. The number of fused-ring (bicyclic) bond motifs is 1. The molecule has 0 aromatic carbocycles. The molecule has 12 heavy (non-hydrogen) atoms. The van der Waals surface area contributed by atoms with E-state index in [9.17, 15) is 4.79 Å². The van der Waals surface area contributed by atoms with Gasteiger partial charge in [0.2, 0.25) is 0 Å². The van der Waals surface area contributed by atoms with Gasteiger partial charge < -0.3 is 10.1 Å². The van der Waals surface area contributed by atoms with Crippen LogP contribution in [0.2, 0.25) is 0 Å². The van der Waals surface area contributed by atoms with Gasteiger partial charge in [-0.3, -0.25) is 9.78 Å². The minimum absolute atomic E-state index is 0.115. The molecule has 1 aromatic rings. The molecule has 0 radical (unpaired) electrons. The first-order chi connectivity index (χ1) is 5.88. The molecule has 1 N–H and O–H groups in total. The van der Waals surface area contributed by atoms with Gasteiger partial charge in [0, 0.05) is 12.4 Å². The molecule has 1 aromatic heterocycles. The number of ether oxygens (including phenoxy) is 1. The monoisotopic (exact) mass is 164 g/mol. The zero-order chi connectivity index (χ0) is 8.39. The Morgan fingerprint density at radius 1 is 1.58 bits per heavy atom. The number of nitrogens with one attached hydrogen (secondary N) is 1. The van der Waals surface area contributed by atoms with Crippen molar-refractivity contribution in [2.24, 2.45) is 0 Å². The lowest BCUT2D eigenvalue weighted by atomic mass is 10.2. The van der Waals surface area contributed by atoms with Crippen LogP contribution in [0.15, 0.2) is 18.5 Å². The summed E-state index contributed by atoms with van der Waals surface area (Å²) in [6, 6.07) is 1.69. The van der Waals surface area contributed by atoms with Crippen LogP contribution in [0.5, 0.6) is 5.75 Å². The van der Waals surface area contributed by atoms with Crippen molar-refractivity contribution in [3.8, 4) is 5.75 Å². The molecule has 4 heteroatoms. The first-order valence-corrected chi connectivity index (χ1v) is 3.73. The van der Waals surface area contributed by atoms with Gasteiger partial charge in [-0.1, -0.05) is 0 Å². The Morgan fingerprint density at radius 2 is 2.50 bits per heavy atom. The number of nitrogens with zero attached hydrogens (tertiary/aromatic N) is 1. The first-order valence-electron chi connectivity index (χ1n) is 3.73. The number of pyridine rings is 1. The third-order valence-corrected chi connectivity index (χ3v) is 1.67. The maximum absolute atomic E-state index is 11.3. The van der Waals surface area contributed by atoms with Crippen molar-refractivity contribution in [3.05, 3.63) is 24.0 Å². The van der Waals surface area contributed by atoms with E-state index in [0.29, 0.717) is 24.5 Å². The predicted octanol–water partition coefficient (Wildman–Crippen LogP) is 0.204. The lowest BCUT2D eigenvalue weighted by Crippen LogP contribution is -2.24. The van der Waals surface area contributed by atoms with Crippen LogP contribution in [0.4, 0.5) is 0 Å². The molecule has 0 saturated carbocycles. The van der Waals surface area contributed by atoms with E-state index in [4.69, 9.17) is 4.74 Å². The molecule has 2 heterocycles. The molecule has 1 amide bonds. The van der Waals surface area contributed by atoms with Gasteiger partial charge in [-0.2, -0.15) is 0 Å². The number of carbonyl (C=O) groups is 1. The summed E-state index contributed by atoms with van der Waals surface area (Å²) in [6.45, 7) is 1.07. The number of hydrogen-bond acceptors (Lipinski definition) is 3. The quantitative estimate of drug-likeness (QED) is 0.596. The second kappa shape index (κ2) is 2.81. The minimum atomic E-state index is -0.115. The molecule has 4 nitrogen and oxygen atoms in total. The molecule has 0 atom stereocenters. The number of rotatable bonds is 0. The van der Waals surface area contributed by atoms with E-state index >= 15 is 0 Å². The van der Waals surface area contributed by atoms with Gasteiger partial charge in [-0.25, -0.2) is 0 Å². The number of amides is 1. The molecule has 62 valence electrons. The van der Waals surface area contributed by atoms with Crippen LogP contribution in [0.1, 0.15) is 10.4 Å². The Balaban J connectivity index is 2.46. The van der Waals surface area contributed by atoms with Gasteiger partial charge in [-0.15, -0.1) is 0 Å². The van der Waals surface area contributed by atoms with Gasteiger partial charge >= 0.3 is 0 Å². The van der Waals surface area contributed by atoms with Crippen molar-refractivity contribution in [2.45, 2.75) is 0 Å². The summed E-state index contributed by atoms with van der Waals surface area (Å²) >= 11 is 0. The fraction of sp³-hybridized carbons (Fsp3) is 0.250. The molecule has 0 spiro atoms.